The minimum atomic E-state index is -0.469. The summed E-state index contributed by atoms with van der Waals surface area (Å²) >= 11 is 0. The first kappa shape index (κ1) is 15.9. The molecule has 0 radical (unpaired) electrons. The number of piperidine rings is 3. The average Bonchev–Trinajstić information content (AvgIpc) is 2.66. The predicted molar refractivity (Wildman–Crippen MR) is 95.1 cm³/mol. The maximum atomic E-state index is 11.2. The van der Waals surface area contributed by atoms with Gasteiger partial charge in [-0.3, -0.25) is 9.88 Å². The zero-order valence-electron chi connectivity index (χ0n) is 14.5. The molecule has 2 aromatic rings. The Morgan fingerprint density at radius 2 is 2.25 bits per heavy atom. The molecule has 2 unspecified atom stereocenters. The van der Waals surface area contributed by atoms with E-state index in [0.717, 1.165) is 53.6 Å². The molecule has 4 heteroatoms. The van der Waals surface area contributed by atoms with Gasteiger partial charge in [-0.2, -0.15) is 0 Å². The topological polar surface area (TPSA) is 45.6 Å². The molecule has 5 rings (SSSR count). The maximum Gasteiger partial charge on any atom is 0.119 e. The first-order valence-corrected chi connectivity index (χ1v) is 9.06. The molecule has 1 aromatic heterocycles. The minimum Gasteiger partial charge on any atom is -0.497 e. The van der Waals surface area contributed by atoms with Crippen LogP contribution >= 0.6 is 0 Å². The van der Waals surface area contributed by atoms with Gasteiger partial charge in [0.05, 0.1) is 18.7 Å². The number of aliphatic hydroxyl groups is 1. The van der Waals surface area contributed by atoms with E-state index in [1.165, 1.54) is 12.8 Å². The van der Waals surface area contributed by atoms with Crippen LogP contribution in [0.1, 0.15) is 37.9 Å². The molecule has 128 valence electrons. The van der Waals surface area contributed by atoms with E-state index >= 15 is 0 Å². The summed E-state index contributed by atoms with van der Waals surface area (Å²) in [7, 11) is 1.67. The van der Waals surface area contributed by atoms with Crippen LogP contribution in [0.3, 0.4) is 0 Å². The summed E-state index contributed by atoms with van der Waals surface area (Å²) in [6.45, 7) is 4.55. The van der Waals surface area contributed by atoms with E-state index in [9.17, 15) is 5.11 Å². The van der Waals surface area contributed by atoms with Crippen molar-refractivity contribution in [3.63, 3.8) is 0 Å². The summed E-state index contributed by atoms with van der Waals surface area (Å²) in [5.74, 6) is 2.37. The van der Waals surface area contributed by atoms with Crippen molar-refractivity contribution in [3.8, 4) is 5.75 Å². The Morgan fingerprint density at radius 1 is 1.38 bits per heavy atom. The number of aliphatic hydroxyl groups excluding tert-OH is 1. The van der Waals surface area contributed by atoms with Crippen LogP contribution in [-0.2, 0) is 0 Å². The van der Waals surface area contributed by atoms with Gasteiger partial charge >= 0.3 is 0 Å². The molecule has 1 aromatic carbocycles. The number of methoxy groups -OCH3 is 1. The van der Waals surface area contributed by atoms with Gasteiger partial charge in [0.1, 0.15) is 5.75 Å². The number of ether oxygens (including phenoxy) is 1. The van der Waals surface area contributed by atoms with E-state index in [2.05, 4.69) is 16.8 Å². The fourth-order valence-electron chi connectivity index (χ4n) is 4.71. The van der Waals surface area contributed by atoms with Crippen LogP contribution in [0.25, 0.3) is 10.9 Å². The highest BCUT2D eigenvalue weighted by Crippen LogP contribution is 2.42. The summed E-state index contributed by atoms with van der Waals surface area (Å²) < 4.78 is 5.36. The number of pyridine rings is 1. The van der Waals surface area contributed by atoms with Crippen LogP contribution in [0, 0.1) is 11.8 Å². The number of fused-ring (bicyclic) bond motifs is 4. The van der Waals surface area contributed by atoms with Gasteiger partial charge in [0.25, 0.3) is 0 Å². The second-order valence-electron chi connectivity index (χ2n) is 7.24. The van der Waals surface area contributed by atoms with Crippen molar-refractivity contribution in [2.75, 3.05) is 20.2 Å². The quantitative estimate of drug-likeness (QED) is 0.935. The first-order valence-electron chi connectivity index (χ1n) is 9.06. The monoisotopic (exact) mass is 326 g/mol. The second kappa shape index (κ2) is 6.34. The average molecular weight is 326 g/mol. The van der Waals surface area contributed by atoms with Crippen LogP contribution in [0.2, 0.25) is 0 Å². The summed E-state index contributed by atoms with van der Waals surface area (Å²) in [5, 5.41) is 12.2. The molecule has 24 heavy (non-hydrogen) atoms. The molecule has 0 spiro atoms. The van der Waals surface area contributed by atoms with Crippen molar-refractivity contribution in [2.45, 2.75) is 38.3 Å². The predicted octanol–water partition coefficient (Wildman–Crippen LogP) is 3.40. The highest BCUT2D eigenvalue weighted by Gasteiger charge is 2.42. The van der Waals surface area contributed by atoms with Gasteiger partial charge in [-0.1, -0.05) is 13.3 Å². The van der Waals surface area contributed by atoms with E-state index < -0.39 is 6.10 Å². The Morgan fingerprint density at radius 3 is 2.96 bits per heavy atom. The third-order valence-corrected chi connectivity index (χ3v) is 6.13. The van der Waals surface area contributed by atoms with Gasteiger partial charge in [-0.15, -0.1) is 0 Å². The lowest BCUT2D eigenvalue weighted by Crippen LogP contribution is -2.55. The molecule has 0 aliphatic carbocycles. The lowest BCUT2D eigenvalue weighted by atomic mass is 9.72. The van der Waals surface area contributed by atoms with Gasteiger partial charge in [-0.05, 0) is 61.1 Å². The molecule has 3 aliphatic heterocycles. The lowest BCUT2D eigenvalue weighted by Gasteiger charge is -2.51. The zero-order chi connectivity index (χ0) is 16.7. The first-order chi connectivity index (χ1) is 11.7. The van der Waals surface area contributed by atoms with Crippen LogP contribution in [-0.4, -0.2) is 41.2 Å². The minimum absolute atomic E-state index is 0.225. The third-order valence-electron chi connectivity index (χ3n) is 6.13. The number of benzene rings is 1. The number of nitrogens with zero attached hydrogens (tertiary/aromatic N) is 2. The Balaban J connectivity index is 1.68. The van der Waals surface area contributed by atoms with E-state index in [0.29, 0.717) is 0 Å². The highest BCUT2D eigenvalue weighted by molar-refractivity contribution is 5.83. The van der Waals surface area contributed by atoms with Crippen LogP contribution < -0.4 is 4.74 Å². The zero-order valence-corrected chi connectivity index (χ0v) is 14.5. The highest BCUT2D eigenvalue weighted by atomic mass is 16.5. The number of aromatic nitrogens is 1. The Kier molecular flexibility index (Phi) is 4.19. The smallest absolute Gasteiger partial charge is 0.119 e. The molecular formula is C20H26N2O2. The molecule has 2 bridgehead atoms. The molecule has 5 atom stereocenters. The summed E-state index contributed by atoms with van der Waals surface area (Å²) in [4.78, 5) is 6.94. The molecule has 3 saturated heterocycles. The van der Waals surface area contributed by atoms with Crippen molar-refractivity contribution in [3.05, 3.63) is 36.0 Å². The fraction of sp³-hybridized carbons (Fsp3) is 0.550. The largest absolute Gasteiger partial charge is 0.497 e. The molecular weight excluding hydrogens is 300 g/mol. The normalized spacial score (nSPS) is 30.5. The molecule has 0 saturated carbocycles. The molecule has 4 heterocycles. The maximum absolute atomic E-state index is 11.2. The fourth-order valence-corrected chi connectivity index (χ4v) is 4.71. The van der Waals surface area contributed by atoms with Crippen molar-refractivity contribution < 1.29 is 9.84 Å². The summed E-state index contributed by atoms with van der Waals surface area (Å²) in [6, 6.07) is 8.07. The number of hydrogen-bond donors (Lipinski definition) is 1. The molecule has 4 nitrogen and oxygen atoms in total. The van der Waals surface area contributed by atoms with Crippen molar-refractivity contribution >= 4 is 10.9 Å². The van der Waals surface area contributed by atoms with Crippen molar-refractivity contribution in [2.24, 2.45) is 11.8 Å². The standard InChI is InChI=1S/C20H26N2O2/c1-3-13-12-22-9-7-14(13)10-19(22)20(23)16-6-8-21-18-5-4-15(24-2)11-17(16)18/h4-6,8,11,13-14,19-20,23H,3,7,9-10,12H2,1-2H3/t13-,14?,19-,20?/m0/s1. The Bertz CT molecular complexity index is 733. The van der Waals surface area contributed by atoms with Gasteiger partial charge in [0, 0.05) is 24.2 Å². The lowest BCUT2D eigenvalue weighted by molar-refractivity contribution is -0.0562. The molecule has 0 amide bonds. The Labute approximate surface area is 143 Å². The van der Waals surface area contributed by atoms with Gasteiger partial charge in [0.15, 0.2) is 0 Å². The van der Waals surface area contributed by atoms with Crippen LogP contribution in [0.4, 0.5) is 0 Å². The second-order valence-corrected chi connectivity index (χ2v) is 7.24. The molecule has 1 N–H and O–H groups in total. The third kappa shape index (κ3) is 2.58. The molecule has 3 aliphatic rings. The summed E-state index contributed by atoms with van der Waals surface area (Å²) in [5.41, 5.74) is 1.89. The van der Waals surface area contributed by atoms with Gasteiger partial charge < -0.3 is 9.84 Å². The number of hydrogen-bond acceptors (Lipinski definition) is 4. The van der Waals surface area contributed by atoms with E-state index in [-0.39, 0.29) is 6.04 Å². The van der Waals surface area contributed by atoms with Gasteiger partial charge in [-0.25, -0.2) is 0 Å². The van der Waals surface area contributed by atoms with Gasteiger partial charge in [0.2, 0.25) is 0 Å². The molecule has 3 fully saturated rings. The van der Waals surface area contributed by atoms with Crippen LogP contribution in [0.15, 0.2) is 30.5 Å². The van der Waals surface area contributed by atoms with Crippen LogP contribution in [0.5, 0.6) is 5.75 Å². The Hall–Kier alpha value is -1.65. The van der Waals surface area contributed by atoms with Crippen molar-refractivity contribution in [1.82, 2.24) is 9.88 Å². The van der Waals surface area contributed by atoms with E-state index in [4.69, 9.17) is 4.74 Å². The summed E-state index contributed by atoms with van der Waals surface area (Å²) in [6.07, 6.45) is 4.97. The number of rotatable bonds is 4. The van der Waals surface area contributed by atoms with Crippen molar-refractivity contribution in [1.29, 1.82) is 0 Å². The van der Waals surface area contributed by atoms with E-state index in [1.54, 1.807) is 13.3 Å². The SMILES string of the molecule is CC[C@H]1C[N@@]2CCC1C[C@H]2C(O)c1ccnc2ccc(OC)cc12. The van der Waals surface area contributed by atoms with E-state index in [1.807, 2.05) is 24.3 Å².